The number of rotatable bonds is 12. The summed E-state index contributed by atoms with van der Waals surface area (Å²) in [4.78, 5) is 27.6. The van der Waals surface area contributed by atoms with Crippen LogP contribution in [0.1, 0.15) is 48.7 Å². The number of carboxylic acids is 1. The lowest BCUT2D eigenvalue weighted by Gasteiger charge is -2.25. The van der Waals surface area contributed by atoms with E-state index in [4.69, 9.17) is 14.2 Å². The Hall–Kier alpha value is -2.39. The Morgan fingerprint density at radius 1 is 1.29 bits per heavy atom. The third-order valence-corrected chi connectivity index (χ3v) is 5.65. The van der Waals surface area contributed by atoms with Crippen molar-refractivity contribution in [3.05, 3.63) is 50.5 Å². The summed E-state index contributed by atoms with van der Waals surface area (Å²) in [5, 5.41) is 9.28. The number of aromatic nitrogens is 2. The van der Waals surface area contributed by atoms with Gasteiger partial charge in [0.15, 0.2) is 11.2 Å². The van der Waals surface area contributed by atoms with Crippen LogP contribution in [0.2, 0.25) is 0 Å². The predicted molar refractivity (Wildman–Crippen MR) is 120 cm³/mol. The van der Waals surface area contributed by atoms with Crippen LogP contribution in [-0.2, 0) is 11.2 Å². The zero-order valence-electron chi connectivity index (χ0n) is 18.3. The Balaban J connectivity index is 2.23. The molecule has 0 amide bonds. The Bertz CT molecular complexity index is 944. The van der Waals surface area contributed by atoms with E-state index in [0.717, 1.165) is 18.4 Å². The van der Waals surface area contributed by atoms with Gasteiger partial charge < -0.3 is 23.9 Å². The molecule has 0 saturated carbocycles. The topological polar surface area (TPSA) is 99.9 Å². The lowest BCUT2D eigenvalue weighted by molar-refractivity contribution is 0.0694. The molecule has 0 aliphatic carbocycles. The molecule has 0 aliphatic rings. The van der Waals surface area contributed by atoms with Gasteiger partial charge in [-0.1, -0.05) is 13.8 Å². The maximum absolute atomic E-state index is 11.8. The molecule has 1 N–H and O–H groups in total. The molecule has 31 heavy (non-hydrogen) atoms. The molecule has 2 heterocycles. The van der Waals surface area contributed by atoms with Gasteiger partial charge in [0.05, 0.1) is 13.7 Å². The van der Waals surface area contributed by atoms with Gasteiger partial charge >= 0.3 is 5.97 Å². The number of carboxylic acid groups (broad SMARTS) is 1. The second kappa shape index (κ2) is 11.9. The van der Waals surface area contributed by atoms with Gasteiger partial charge in [-0.25, -0.2) is 9.78 Å². The average Bonchev–Trinajstić information content (AvgIpc) is 2.73. The van der Waals surface area contributed by atoms with E-state index in [1.807, 2.05) is 10.6 Å². The minimum atomic E-state index is -1.22. The summed E-state index contributed by atoms with van der Waals surface area (Å²) in [5.74, 6) is -0.0347. The lowest BCUT2D eigenvalue weighted by Crippen LogP contribution is -2.22. The molecule has 8 nitrogen and oxygen atoms in total. The van der Waals surface area contributed by atoms with Crippen LogP contribution in [0.4, 0.5) is 0 Å². The second-order valence-electron chi connectivity index (χ2n) is 7.47. The molecule has 0 aliphatic heterocycles. The lowest BCUT2D eigenvalue weighted by atomic mass is 9.96. The van der Waals surface area contributed by atoms with Gasteiger partial charge in [0.1, 0.15) is 10.2 Å². The second-order valence-corrected chi connectivity index (χ2v) is 8.22. The molecule has 2 aromatic heterocycles. The van der Waals surface area contributed by atoms with Crippen molar-refractivity contribution in [2.24, 2.45) is 5.92 Å². The summed E-state index contributed by atoms with van der Waals surface area (Å²) in [6.07, 6.45) is 5.20. The fourth-order valence-corrected chi connectivity index (χ4v) is 3.78. The summed E-state index contributed by atoms with van der Waals surface area (Å²) in [6, 6.07) is 3.21. The molecular formula is C22H29BrN2O6. The van der Waals surface area contributed by atoms with Crippen molar-refractivity contribution in [3.8, 4) is 11.6 Å². The molecule has 0 radical (unpaired) electrons. The van der Waals surface area contributed by atoms with E-state index in [1.54, 1.807) is 20.4 Å². The van der Waals surface area contributed by atoms with Crippen molar-refractivity contribution in [3.63, 3.8) is 0 Å². The van der Waals surface area contributed by atoms with Crippen LogP contribution in [0, 0.1) is 5.92 Å². The highest BCUT2D eigenvalue weighted by Crippen LogP contribution is 2.32. The average molecular weight is 497 g/mol. The van der Waals surface area contributed by atoms with Gasteiger partial charge in [-0.2, -0.15) is 0 Å². The Morgan fingerprint density at radius 3 is 2.65 bits per heavy atom. The number of carbonyl (C=O) groups is 1. The number of pyridine rings is 2. The molecule has 0 aromatic carbocycles. The number of methoxy groups -OCH3 is 2. The maximum atomic E-state index is 11.8. The minimum Gasteiger partial charge on any atom is -0.488 e. The molecular weight excluding hydrogens is 468 g/mol. The predicted octanol–water partition coefficient (Wildman–Crippen LogP) is 3.96. The molecule has 0 saturated heterocycles. The molecule has 9 heteroatoms. The molecule has 2 rings (SSSR count). The third-order valence-electron chi connectivity index (χ3n) is 4.96. The number of nitrogens with zero attached hydrogens (tertiary/aromatic N) is 2. The number of ether oxygens (including phenoxy) is 3. The van der Waals surface area contributed by atoms with Crippen molar-refractivity contribution < 1.29 is 24.1 Å². The number of hydrogen-bond donors (Lipinski definition) is 1. The molecule has 170 valence electrons. The summed E-state index contributed by atoms with van der Waals surface area (Å²) in [7, 11) is 3.19. The first-order valence-corrected chi connectivity index (χ1v) is 10.9. The van der Waals surface area contributed by atoms with Crippen LogP contribution in [-0.4, -0.2) is 48.1 Å². The molecule has 1 atom stereocenters. The maximum Gasteiger partial charge on any atom is 0.341 e. The smallest absolute Gasteiger partial charge is 0.341 e. The van der Waals surface area contributed by atoms with E-state index in [2.05, 4.69) is 34.8 Å². The highest BCUT2D eigenvalue weighted by molar-refractivity contribution is 9.10. The van der Waals surface area contributed by atoms with Crippen LogP contribution >= 0.6 is 15.9 Å². The number of halogens is 1. The molecule has 2 aromatic rings. The van der Waals surface area contributed by atoms with Gasteiger partial charge in [-0.15, -0.1) is 0 Å². The number of aromatic carboxylic acids is 1. The molecule has 1 unspecified atom stereocenters. The van der Waals surface area contributed by atoms with Crippen LogP contribution in [0.3, 0.4) is 0 Å². The third kappa shape index (κ3) is 6.80. The first-order valence-electron chi connectivity index (χ1n) is 10.1. The van der Waals surface area contributed by atoms with E-state index in [9.17, 15) is 14.7 Å². The number of aryl methyl sites for hydroxylation is 1. The van der Waals surface area contributed by atoms with Gasteiger partial charge in [0.2, 0.25) is 0 Å². The summed E-state index contributed by atoms with van der Waals surface area (Å²) in [5.41, 5.74) is 0.225. The van der Waals surface area contributed by atoms with Crippen molar-refractivity contribution in [2.45, 2.75) is 39.2 Å². The van der Waals surface area contributed by atoms with Gasteiger partial charge in [0, 0.05) is 44.6 Å². The first-order chi connectivity index (χ1) is 14.8. The van der Waals surface area contributed by atoms with Crippen LogP contribution in [0.15, 0.2) is 33.9 Å². The fourth-order valence-electron chi connectivity index (χ4n) is 3.30. The zero-order chi connectivity index (χ0) is 23.0. The summed E-state index contributed by atoms with van der Waals surface area (Å²) >= 11 is 3.51. The Labute approximate surface area is 190 Å². The zero-order valence-corrected chi connectivity index (χ0v) is 19.8. The quantitative estimate of drug-likeness (QED) is 0.350. The van der Waals surface area contributed by atoms with E-state index < -0.39 is 11.4 Å². The largest absolute Gasteiger partial charge is 0.488 e. The van der Waals surface area contributed by atoms with Crippen LogP contribution < -0.4 is 14.9 Å². The summed E-state index contributed by atoms with van der Waals surface area (Å²) in [6.45, 7) is 5.22. The van der Waals surface area contributed by atoms with Crippen molar-refractivity contribution in [2.75, 3.05) is 27.4 Å². The van der Waals surface area contributed by atoms with Crippen molar-refractivity contribution in [1.29, 1.82) is 0 Å². The van der Waals surface area contributed by atoms with Gasteiger partial charge in [-0.05, 0) is 46.3 Å². The SMILES string of the molecule is COCCCOc1cc(CCC(C(C)C)n2ccc(=O)c(C(=O)O)c2)c(Br)nc1OC. The molecule has 0 fully saturated rings. The highest BCUT2D eigenvalue weighted by atomic mass is 79.9. The van der Waals surface area contributed by atoms with Gasteiger partial charge in [0.25, 0.3) is 5.88 Å². The minimum absolute atomic E-state index is 0.00114. The molecule has 0 bridgehead atoms. The van der Waals surface area contributed by atoms with Gasteiger partial charge in [-0.3, -0.25) is 4.79 Å². The van der Waals surface area contributed by atoms with E-state index in [-0.39, 0.29) is 17.5 Å². The molecule has 0 spiro atoms. The fraction of sp³-hybridized carbons (Fsp3) is 0.500. The van der Waals surface area contributed by atoms with E-state index in [1.165, 1.54) is 12.3 Å². The van der Waals surface area contributed by atoms with Crippen LogP contribution in [0.5, 0.6) is 11.6 Å². The van der Waals surface area contributed by atoms with E-state index in [0.29, 0.717) is 35.9 Å². The van der Waals surface area contributed by atoms with Crippen molar-refractivity contribution in [1.82, 2.24) is 9.55 Å². The number of hydrogen-bond acceptors (Lipinski definition) is 6. The normalized spacial score (nSPS) is 12.1. The Morgan fingerprint density at radius 2 is 2.03 bits per heavy atom. The van der Waals surface area contributed by atoms with Crippen molar-refractivity contribution >= 4 is 21.9 Å². The highest BCUT2D eigenvalue weighted by Gasteiger charge is 2.19. The van der Waals surface area contributed by atoms with Crippen LogP contribution in [0.25, 0.3) is 0 Å². The standard InChI is InChI=1S/C22H29BrN2O6/c1-14(2)17(25-9-8-18(26)16(13-25)22(27)28)7-6-15-12-19(31-11-5-10-29-3)21(30-4)24-20(15)23/h8-9,12-14,17H,5-7,10-11H2,1-4H3,(H,27,28). The first kappa shape index (κ1) is 24.9. The Kier molecular flexibility index (Phi) is 9.51. The monoisotopic (exact) mass is 496 g/mol. The summed E-state index contributed by atoms with van der Waals surface area (Å²) < 4.78 is 18.7. The van der Waals surface area contributed by atoms with E-state index >= 15 is 0 Å².